The van der Waals surface area contributed by atoms with Crippen LogP contribution in [0.2, 0.25) is 0 Å². The van der Waals surface area contributed by atoms with Gasteiger partial charge in [0, 0.05) is 36.0 Å². The molecule has 34 heavy (non-hydrogen) atoms. The molecule has 1 amide bonds. The number of fused-ring (bicyclic) bond motifs is 1. The van der Waals surface area contributed by atoms with Gasteiger partial charge in [-0.2, -0.15) is 5.10 Å². The lowest BCUT2D eigenvalue weighted by atomic mass is 10.0. The predicted molar refractivity (Wildman–Crippen MR) is 140 cm³/mol. The van der Waals surface area contributed by atoms with Crippen molar-refractivity contribution in [1.29, 1.82) is 0 Å². The van der Waals surface area contributed by atoms with Crippen LogP contribution >= 0.6 is 15.9 Å². The molecule has 0 aliphatic heterocycles. The van der Waals surface area contributed by atoms with Crippen LogP contribution in [0.25, 0.3) is 16.6 Å². The van der Waals surface area contributed by atoms with Crippen LogP contribution in [0, 0.1) is 0 Å². The zero-order chi connectivity index (χ0) is 24.6. The molecule has 2 aromatic carbocycles. The van der Waals surface area contributed by atoms with Gasteiger partial charge >= 0.3 is 0 Å². The number of carbonyl (C=O) groups is 1. The van der Waals surface area contributed by atoms with Gasteiger partial charge in [-0.1, -0.05) is 15.9 Å². The van der Waals surface area contributed by atoms with E-state index in [1.54, 1.807) is 22.3 Å². The average Bonchev–Trinajstić information content (AvgIpc) is 3.55. The maximum Gasteiger partial charge on any atom is 0.270 e. The van der Waals surface area contributed by atoms with Gasteiger partial charge in [-0.15, -0.1) is 0 Å². The Balaban J connectivity index is 1.87. The Bertz CT molecular complexity index is 1370. The van der Waals surface area contributed by atoms with Crippen LogP contribution in [0.1, 0.15) is 41.2 Å². The average molecular weight is 568 g/mol. The maximum atomic E-state index is 12.9. The molecule has 8 nitrogen and oxygen atoms in total. The number of carbonyl (C=O) groups excluding carboxylic acids is 1. The van der Waals surface area contributed by atoms with Crippen LogP contribution in [0.4, 0.5) is 5.69 Å². The first-order valence-electron chi connectivity index (χ1n) is 10.9. The lowest BCUT2D eigenvalue weighted by Gasteiger charge is -2.24. The van der Waals surface area contributed by atoms with E-state index in [0.717, 1.165) is 39.6 Å². The normalized spacial score (nSPS) is 14.8. The van der Waals surface area contributed by atoms with Crippen molar-refractivity contribution in [3.05, 3.63) is 52.1 Å². The number of hydrogen-bond donors (Lipinski definition) is 1. The molecule has 1 heterocycles. The van der Waals surface area contributed by atoms with Crippen molar-refractivity contribution in [3.63, 3.8) is 0 Å². The Morgan fingerprint density at radius 1 is 1.26 bits per heavy atom. The van der Waals surface area contributed by atoms with Gasteiger partial charge < -0.3 is 5.32 Å². The zero-order valence-electron chi connectivity index (χ0n) is 19.2. The van der Waals surface area contributed by atoms with Crippen molar-refractivity contribution in [2.24, 2.45) is 0 Å². The van der Waals surface area contributed by atoms with Gasteiger partial charge in [0.2, 0.25) is 0 Å². The Kier molecular flexibility index (Phi) is 7.16. The Morgan fingerprint density at radius 2 is 1.94 bits per heavy atom. The van der Waals surface area contributed by atoms with Crippen molar-refractivity contribution < 1.29 is 17.4 Å². The molecule has 11 heteroatoms. The first kappa shape index (κ1) is 24.9. The molecular weight excluding hydrogens is 540 g/mol. The third kappa shape index (κ3) is 5.36. The molecular formula is C23H27BrN4O4S2. The van der Waals surface area contributed by atoms with Crippen molar-refractivity contribution >= 4 is 59.3 Å². The topological polar surface area (TPSA) is 101 Å². The second-order valence-corrected chi connectivity index (χ2v) is 13.0. The SMILES string of the molecule is CNC(=O)c1c2cc(C3CC3)c(N(CCCS(C)(=O)=O)S(C)=O)cc2nn1-c1ccc(Br)cc1. The molecule has 4 rings (SSSR count). The summed E-state index contributed by atoms with van der Waals surface area (Å²) >= 11 is 3.44. The van der Waals surface area contributed by atoms with Crippen LogP contribution in [0.3, 0.4) is 0 Å². The minimum Gasteiger partial charge on any atom is -0.354 e. The van der Waals surface area contributed by atoms with Crippen molar-refractivity contribution in [1.82, 2.24) is 15.1 Å². The molecule has 1 aromatic heterocycles. The van der Waals surface area contributed by atoms with Crippen LogP contribution in [-0.2, 0) is 20.8 Å². The van der Waals surface area contributed by atoms with Crippen LogP contribution in [0.15, 0.2) is 40.9 Å². The molecule has 1 aliphatic carbocycles. The minimum absolute atomic E-state index is 0.0285. The number of halogens is 1. The number of hydrogen-bond acceptors (Lipinski definition) is 5. The zero-order valence-corrected chi connectivity index (χ0v) is 22.5. The lowest BCUT2D eigenvalue weighted by molar-refractivity contribution is 0.0957. The smallest absolute Gasteiger partial charge is 0.270 e. The number of nitrogens with one attached hydrogen (secondary N) is 1. The van der Waals surface area contributed by atoms with Gasteiger partial charge in [0.15, 0.2) is 0 Å². The summed E-state index contributed by atoms with van der Waals surface area (Å²) in [5.74, 6) is 0.0960. The van der Waals surface area contributed by atoms with Gasteiger partial charge in [-0.25, -0.2) is 17.3 Å². The third-order valence-corrected chi connectivity index (χ3v) is 8.36. The van der Waals surface area contributed by atoms with E-state index in [1.165, 1.54) is 6.26 Å². The third-order valence-electron chi connectivity index (χ3n) is 5.81. The van der Waals surface area contributed by atoms with E-state index in [9.17, 15) is 17.4 Å². The fourth-order valence-electron chi connectivity index (χ4n) is 4.04. The Labute approximate surface area is 210 Å². The second-order valence-electron chi connectivity index (χ2n) is 8.53. The van der Waals surface area contributed by atoms with E-state index < -0.39 is 20.8 Å². The molecule has 0 radical (unpaired) electrons. The van der Waals surface area contributed by atoms with E-state index in [2.05, 4.69) is 21.2 Å². The van der Waals surface area contributed by atoms with E-state index >= 15 is 0 Å². The number of nitrogens with zero attached hydrogens (tertiary/aromatic N) is 3. The largest absolute Gasteiger partial charge is 0.354 e. The van der Waals surface area contributed by atoms with E-state index in [0.29, 0.717) is 30.1 Å². The number of sulfone groups is 1. The highest BCUT2D eigenvalue weighted by Crippen LogP contribution is 2.46. The summed E-state index contributed by atoms with van der Waals surface area (Å²) in [5.41, 5.74) is 3.60. The van der Waals surface area contributed by atoms with Gasteiger partial charge in [0.1, 0.15) is 26.5 Å². The fraction of sp³-hybridized carbons (Fsp3) is 0.391. The summed E-state index contributed by atoms with van der Waals surface area (Å²) in [4.78, 5) is 12.9. The minimum atomic E-state index is -3.11. The number of aromatic nitrogens is 2. The molecule has 0 spiro atoms. The molecule has 1 atom stereocenters. The Morgan fingerprint density at radius 3 is 2.50 bits per heavy atom. The summed E-state index contributed by atoms with van der Waals surface area (Å²) < 4.78 is 40.2. The summed E-state index contributed by atoms with van der Waals surface area (Å²) in [6, 6.07) is 11.4. The fourth-order valence-corrected chi connectivity index (χ4v) is 5.78. The molecule has 0 bridgehead atoms. The number of amides is 1. The predicted octanol–water partition coefficient (Wildman–Crippen LogP) is 3.56. The summed E-state index contributed by atoms with van der Waals surface area (Å²) in [7, 11) is -2.88. The Hall–Kier alpha value is -2.24. The van der Waals surface area contributed by atoms with E-state index in [-0.39, 0.29) is 11.7 Å². The molecule has 1 N–H and O–H groups in total. The second kappa shape index (κ2) is 9.79. The first-order valence-corrected chi connectivity index (χ1v) is 15.3. The molecule has 1 fully saturated rings. The van der Waals surface area contributed by atoms with Gasteiger partial charge in [-0.3, -0.25) is 9.10 Å². The standard InChI is InChI=1S/C23H27BrN4O4S2/c1-25-23(29)22-19-13-18(15-5-6-15)21(27(33(2)30)11-4-12-34(3,31)32)14-20(19)26-28(22)17-9-7-16(24)8-10-17/h7-10,13-15H,4-6,11-12H2,1-3H3,(H,25,29). The highest BCUT2D eigenvalue weighted by atomic mass is 79.9. The summed E-state index contributed by atoms with van der Waals surface area (Å²) in [6.07, 6.45) is 5.20. The van der Waals surface area contributed by atoms with Gasteiger partial charge in [0.25, 0.3) is 5.91 Å². The highest BCUT2D eigenvalue weighted by molar-refractivity contribution is 9.10. The quantitative estimate of drug-likeness (QED) is 0.426. The van der Waals surface area contributed by atoms with Gasteiger partial charge in [-0.05, 0) is 67.1 Å². The van der Waals surface area contributed by atoms with Crippen molar-refractivity contribution in [3.8, 4) is 5.69 Å². The maximum absolute atomic E-state index is 12.9. The molecule has 3 aromatic rings. The van der Waals surface area contributed by atoms with Crippen molar-refractivity contribution in [2.45, 2.75) is 25.2 Å². The first-order chi connectivity index (χ1) is 16.1. The number of benzene rings is 2. The molecule has 0 saturated heterocycles. The molecule has 1 unspecified atom stereocenters. The summed E-state index contributed by atoms with van der Waals surface area (Å²) in [5, 5.41) is 8.19. The number of rotatable bonds is 9. The van der Waals surface area contributed by atoms with Gasteiger partial charge in [0.05, 0.1) is 22.6 Å². The molecule has 1 saturated carbocycles. The molecule has 182 valence electrons. The molecule has 1 aliphatic rings. The van der Waals surface area contributed by atoms with Crippen molar-refractivity contribution in [2.75, 3.05) is 36.2 Å². The van der Waals surface area contributed by atoms with Crippen LogP contribution in [0.5, 0.6) is 0 Å². The van der Waals surface area contributed by atoms with Crippen LogP contribution in [-0.4, -0.2) is 60.2 Å². The monoisotopic (exact) mass is 566 g/mol. The van der Waals surface area contributed by atoms with E-state index in [4.69, 9.17) is 5.10 Å². The van der Waals surface area contributed by atoms with Crippen LogP contribution < -0.4 is 9.62 Å². The number of anilines is 1. The van der Waals surface area contributed by atoms with E-state index in [1.807, 2.05) is 36.4 Å². The lowest BCUT2D eigenvalue weighted by Crippen LogP contribution is -2.28. The highest BCUT2D eigenvalue weighted by Gasteiger charge is 2.31. The summed E-state index contributed by atoms with van der Waals surface area (Å²) in [6.45, 7) is 0.344.